The number of benzene rings is 1. The minimum atomic E-state index is -2.65. The van der Waals surface area contributed by atoms with Crippen molar-refractivity contribution in [1.29, 1.82) is 0 Å². The van der Waals surface area contributed by atoms with Crippen LogP contribution in [0.25, 0.3) is 0 Å². The van der Waals surface area contributed by atoms with Crippen LogP contribution in [-0.4, -0.2) is 47.7 Å². The highest BCUT2D eigenvalue weighted by molar-refractivity contribution is 9.10. The molecule has 2 atom stereocenters. The van der Waals surface area contributed by atoms with E-state index < -0.39 is 48.2 Å². The van der Waals surface area contributed by atoms with Crippen LogP contribution in [0, 0.1) is 0 Å². The predicted molar refractivity (Wildman–Crippen MR) is 84.4 cm³/mol. The number of nitrogens with zero attached hydrogens (tertiary/aromatic N) is 1. The molecule has 0 unspecified atom stereocenters. The third-order valence-electron chi connectivity index (χ3n) is 4.84. The Kier molecular flexibility index (Phi) is 3.55. The molecule has 2 saturated heterocycles. The zero-order valence-corrected chi connectivity index (χ0v) is 14.4. The monoisotopic (exact) mass is 386 g/mol. The number of hydrogen-bond donors (Lipinski definition) is 1. The van der Waals surface area contributed by atoms with E-state index in [4.69, 9.17) is 0 Å². The summed E-state index contributed by atoms with van der Waals surface area (Å²) in [6, 6.07) is 7.21. The van der Waals surface area contributed by atoms with Crippen LogP contribution in [0.3, 0.4) is 0 Å². The Morgan fingerprint density at radius 2 is 1.87 bits per heavy atom. The van der Waals surface area contributed by atoms with Gasteiger partial charge in [-0.25, -0.2) is 8.78 Å². The molecule has 0 bridgehead atoms. The van der Waals surface area contributed by atoms with Gasteiger partial charge in [0.25, 0.3) is 5.91 Å². The fourth-order valence-electron chi connectivity index (χ4n) is 3.25. The van der Waals surface area contributed by atoms with E-state index in [-0.39, 0.29) is 0 Å². The van der Waals surface area contributed by atoms with Crippen molar-refractivity contribution in [3.8, 4) is 0 Å². The second-order valence-electron chi connectivity index (χ2n) is 6.74. The van der Waals surface area contributed by atoms with E-state index >= 15 is 0 Å². The molecule has 4 nitrogen and oxygen atoms in total. The molecule has 2 fully saturated rings. The number of likely N-dealkylation sites (tertiary alicyclic amines) is 1. The maximum atomic E-state index is 14.7. The summed E-state index contributed by atoms with van der Waals surface area (Å²) in [6.45, 7) is 2.06. The molecular weight excluding hydrogens is 370 g/mol. The molecular formula is C16H17BrF2N2O2. The Bertz CT molecular complexity index is 679. The fraction of sp³-hybridized carbons (Fsp3) is 0.500. The Morgan fingerprint density at radius 3 is 2.43 bits per heavy atom. The van der Waals surface area contributed by atoms with Gasteiger partial charge in [-0.05, 0) is 31.5 Å². The van der Waals surface area contributed by atoms with E-state index in [2.05, 4.69) is 21.2 Å². The fourth-order valence-corrected chi connectivity index (χ4v) is 3.51. The number of halogens is 3. The summed E-state index contributed by atoms with van der Waals surface area (Å²) in [5.41, 5.74) is -5.20. The van der Waals surface area contributed by atoms with Crippen molar-refractivity contribution in [2.45, 2.75) is 30.6 Å². The summed E-state index contributed by atoms with van der Waals surface area (Å²) in [4.78, 5) is 25.6. The van der Waals surface area contributed by atoms with Crippen LogP contribution < -0.4 is 5.32 Å². The second-order valence-corrected chi connectivity index (χ2v) is 7.66. The van der Waals surface area contributed by atoms with E-state index in [9.17, 15) is 18.4 Å². The third-order valence-corrected chi connectivity index (χ3v) is 5.37. The molecule has 23 heavy (non-hydrogen) atoms. The van der Waals surface area contributed by atoms with Crippen molar-refractivity contribution in [2.75, 3.05) is 19.6 Å². The zero-order valence-electron chi connectivity index (χ0n) is 12.8. The second kappa shape index (κ2) is 5.00. The molecule has 0 radical (unpaired) electrons. The molecule has 3 rings (SSSR count). The molecule has 2 heterocycles. The predicted octanol–water partition coefficient (Wildman–Crippen LogP) is 2.12. The molecule has 1 aromatic carbocycles. The number of amides is 2. The summed E-state index contributed by atoms with van der Waals surface area (Å²) >= 11 is 3.33. The van der Waals surface area contributed by atoms with Gasteiger partial charge in [-0.1, -0.05) is 28.1 Å². The molecule has 0 saturated carbocycles. The van der Waals surface area contributed by atoms with E-state index in [1.54, 1.807) is 26.0 Å². The van der Waals surface area contributed by atoms with Crippen LogP contribution in [0.2, 0.25) is 0 Å². The van der Waals surface area contributed by atoms with Crippen LogP contribution in [0.15, 0.2) is 28.7 Å². The maximum absolute atomic E-state index is 14.7. The van der Waals surface area contributed by atoms with Crippen molar-refractivity contribution in [3.05, 3.63) is 34.3 Å². The molecule has 0 aliphatic carbocycles. The average Bonchev–Trinajstić information content (AvgIpc) is 2.88. The lowest BCUT2D eigenvalue weighted by atomic mass is 9.83. The van der Waals surface area contributed by atoms with Crippen molar-refractivity contribution in [3.63, 3.8) is 0 Å². The van der Waals surface area contributed by atoms with Crippen molar-refractivity contribution in [2.24, 2.45) is 0 Å². The number of hydrogen-bond acceptors (Lipinski definition) is 2. The lowest BCUT2D eigenvalue weighted by Crippen LogP contribution is -2.48. The Hall–Kier alpha value is -1.50. The van der Waals surface area contributed by atoms with Gasteiger partial charge in [-0.2, -0.15) is 0 Å². The molecule has 2 amide bonds. The highest BCUT2D eigenvalue weighted by atomic mass is 79.9. The number of alkyl halides is 2. The normalized spacial score (nSPS) is 30.3. The van der Waals surface area contributed by atoms with E-state index in [0.29, 0.717) is 0 Å². The van der Waals surface area contributed by atoms with E-state index in [1.807, 2.05) is 12.1 Å². The Balaban J connectivity index is 1.87. The number of nitrogens with one attached hydrogen (secondary N) is 1. The van der Waals surface area contributed by atoms with Gasteiger partial charge in [0.15, 0.2) is 5.67 Å². The molecule has 2 aliphatic heterocycles. The first-order chi connectivity index (χ1) is 10.6. The number of carbonyl (C=O) groups excluding carboxylic acids is 2. The van der Waals surface area contributed by atoms with E-state index in [1.165, 1.54) is 0 Å². The topological polar surface area (TPSA) is 49.4 Å². The Labute approximate surface area is 141 Å². The van der Waals surface area contributed by atoms with Gasteiger partial charge < -0.3 is 10.2 Å². The van der Waals surface area contributed by atoms with Crippen molar-refractivity contribution >= 4 is 27.7 Å². The molecule has 0 spiro atoms. The SMILES string of the molecule is CC(C)(C(=O)N1C[C@]2(F)CNC(=O)[C@]2(F)C1)c1ccc(Br)cc1. The highest BCUT2D eigenvalue weighted by Gasteiger charge is 2.69. The Morgan fingerprint density at radius 1 is 1.26 bits per heavy atom. The summed E-state index contributed by atoms with van der Waals surface area (Å²) in [7, 11) is 0. The maximum Gasteiger partial charge on any atom is 0.263 e. The van der Waals surface area contributed by atoms with Gasteiger partial charge in [-0.15, -0.1) is 0 Å². The summed E-state index contributed by atoms with van der Waals surface area (Å²) in [6.07, 6.45) is 0. The standard InChI is InChI=1S/C16H17BrF2N2O2/c1-14(2,10-3-5-11(17)6-4-10)13(23)21-8-15(18)7-20-12(22)16(15,19)9-21/h3-6H,7-9H2,1-2H3,(H,20,22)/t15-,16-/m1/s1. The largest absolute Gasteiger partial charge is 0.350 e. The van der Waals surface area contributed by atoms with Crippen LogP contribution >= 0.6 is 15.9 Å². The molecule has 1 aromatic rings. The van der Waals surface area contributed by atoms with Gasteiger partial charge in [0.2, 0.25) is 11.6 Å². The van der Waals surface area contributed by atoms with Crippen LogP contribution in [-0.2, 0) is 15.0 Å². The average molecular weight is 387 g/mol. The molecule has 0 aromatic heterocycles. The van der Waals surface area contributed by atoms with E-state index in [0.717, 1.165) is 14.9 Å². The quantitative estimate of drug-likeness (QED) is 0.846. The molecule has 1 N–H and O–H groups in total. The van der Waals surface area contributed by atoms with Crippen LogP contribution in [0.5, 0.6) is 0 Å². The van der Waals surface area contributed by atoms with Gasteiger partial charge in [0.05, 0.1) is 25.0 Å². The first-order valence-electron chi connectivity index (χ1n) is 7.32. The first-order valence-corrected chi connectivity index (χ1v) is 8.11. The summed E-state index contributed by atoms with van der Waals surface area (Å²) in [5, 5.41) is 2.21. The van der Waals surface area contributed by atoms with Gasteiger partial charge in [-0.3, -0.25) is 9.59 Å². The van der Waals surface area contributed by atoms with Gasteiger partial charge in [0, 0.05) is 4.47 Å². The zero-order chi connectivity index (χ0) is 17.0. The highest BCUT2D eigenvalue weighted by Crippen LogP contribution is 2.43. The molecule has 2 aliphatic rings. The van der Waals surface area contributed by atoms with Crippen LogP contribution in [0.4, 0.5) is 8.78 Å². The van der Waals surface area contributed by atoms with Gasteiger partial charge >= 0.3 is 0 Å². The van der Waals surface area contributed by atoms with Gasteiger partial charge in [0.1, 0.15) is 0 Å². The van der Waals surface area contributed by atoms with Crippen molar-refractivity contribution < 1.29 is 18.4 Å². The lowest BCUT2D eigenvalue weighted by Gasteiger charge is -2.30. The number of fused-ring (bicyclic) bond motifs is 1. The smallest absolute Gasteiger partial charge is 0.263 e. The molecule has 124 valence electrons. The first kappa shape index (κ1) is 16.4. The number of rotatable bonds is 2. The lowest BCUT2D eigenvalue weighted by molar-refractivity contribution is -0.137. The van der Waals surface area contributed by atoms with Crippen LogP contribution in [0.1, 0.15) is 19.4 Å². The molecule has 7 heteroatoms. The minimum absolute atomic E-state index is 0.393. The minimum Gasteiger partial charge on any atom is -0.350 e. The van der Waals surface area contributed by atoms with Crippen molar-refractivity contribution in [1.82, 2.24) is 10.2 Å². The third kappa shape index (κ3) is 2.28. The number of carbonyl (C=O) groups is 2. The summed E-state index contributed by atoms with van der Waals surface area (Å²) in [5.74, 6) is -1.37. The summed E-state index contributed by atoms with van der Waals surface area (Å²) < 4.78 is 30.3.